The summed E-state index contributed by atoms with van der Waals surface area (Å²) in [6, 6.07) is -2.21. The first kappa shape index (κ1) is 22.9. The lowest BCUT2D eigenvalue weighted by Crippen LogP contribution is -2.56. The van der Waals surface area contributed by atoms with E-state index in [9.17, 15) is 28.7 Å². The van der Waals surface area contributed by atoms with Gasteiger partial charge in [-0.25, -0.2) is 4.98 Å². The minimum atomic E-state index is -4.77. The molecule has 0 bridgehead atoms. The van der Waals surface area contributed by atoms with Crippen LogP contribution in [0.1, 0.15) is 19.5 Å². The smallest absolute Gasteiger partial charge is 0.348 e. The Morgan fingerprint density at radius 1 is 1.37 bits per heavy atom. The molecule has 13 heteroatoms. The Balaban J connectivity index is 2.85. The van der Waals surface area contributed by atoms with Gasteiger partial charge in [0.15, 0.2) is 0 Å². The molecule has 0 saturated heterocycles. The molecular weight excluding hydrogens is 379 g/mol. The van der Waals surface area contributed by atoms with Crippen molar-refractivity contribution in [3.05, 3.63) is 18.2 Å². The van der Waals surface area contributed by atoms with Crippen LogP contribution in [0.5, 0.6) is 0 Å². The number of aromatic amines is 1. The number of imidazole rings is 1. The maximum absolute atomic E-state index is 12.6. The quantitative estimate of drug-likeness (QED) is 0.250. The topological polar surface area (TPSA) is 191 Å². The lowest BCUT2D eigenvalue weighted by molar-refractivity contribution is -0.147. The van der Waals surface area contributed by atoms with Crippen molar-refractivity contribution in [2.75, 3.05) is 13.6 Å². The predicted molar refractivity (Wildman–Crippen MR) is 95.2 cm³/mol. The Bertz CT molecular complexity index is 705. The van der Waals surface area contributed by atoms with Crippen molar-refractivity contribution < 1.29 is 28.7 Å². The minimum absolute atomic E-state index is 0.147. The van der Waals surface area contributed by atoms with Crippen molar-refractivity contribution in [2.45, 2.75) is 38.1 Å². The number of carbonyl (C=O) groups is 3. The molecule has 1 aromatic heterocycles. The highest BCUT2D eigenvalue weighted by Gasteiger charge is 2.39. The van der Waals surface area contributed by atoms with Crippen LogP contribution in [0.2, 0.25) is 0 Å². The van der Waals surface area contributed by atoms with Crippen molar-refractivity contribution in [1.82, 2.24) is 25.5 Å². The van der Waals surface area contributed by atoms with Gasteiger partial charge in [0.2, 0.25) is 11.8 Å². The second kappa shape index (κ2) is 9.72. The molecule has 0 saturated carbocycles. The van der Waals surface area contributed by atoms with Crippen LogP contribution in [0.4, 0.5) is 0 Å². The zero-order valence-electron chi connectivity index (χ0n) is 15.2. The number of carbonyl (C=O) groups excluding carboxylic acids is 3. The molecule has 0 aliphatic heterocycles. The second-order valence-corrected chi connectivity index (χ2v) is 7.90. The molecule has 0 aliphatic carbocycles. The molecule has 3 amide bonds. The number of nitrogens with one attached hydrogen (secondary N) is 3. The zero-order chi connectivity index (χ0) is 20.8. The molecule has 27 heavy (non-hydrogen) atoms. The molecule has 0 aliphatic rings. The van der Waals surface area contributed by atoms with Gasteiger partial charge in [-0.2, -0.15) is 0 Å². The first-order valence-electron chi connectivity index (χ1n) is 8.08. The van der Waals surface area contributed by atoms with Crippen molar-refractivity contribution in [3.8, 4) is 0 Å². The van der Waals surface area contributed by atoms with E-state index >= 15 is 0 Å². The van der Waals surface area contributed by atoms with Gasteiger partial charge in [-0.1, -0.05) is 0 Å². The van der Waals surface area contributed by atoms with Gasteiger partial charge in [0.25, 0.3) is 5.91 Å². The molecule has 1 rings (SSSR count). The maximum atomic E-state index is 12.6. The van der Waals surface area contributed by atoms with E-state index in [4.69, 9.17) is 5.73 Å². The summed E-state index contributed by atoms with van der Waals surface area (Å²) >= 11 is 0. The van der Waals surface area contributed by atoms with Gasteiger partial charge in [0, 0.05) is 18.3 Å². The summed E-state index contributed by atoms with van der Waals surface area (Å²) in [4.78, 5) is 62.7. The number of hydrogen-bond donors (Lipinski definition) is 6. The van der Waals surface area contributed by atoms with E-state index in [2.05, 4.69) is 20.6 Å². The van der Waals surface area contributed by atoms with Crippen molar-refractivity contribution in [1.29, 1.82) is 0 Å². The van der Waals surface area contributed by atoms with E-state index in [-0.39, 0.29) is 13.0 Å². The molecule has 1 heterocycles. The number of likely N-dealkylation sites (N-methyl/N-ethyl adjacent to an activating group) is 1. The Morgan fingerprint density at radius 2 is 2.00 bits per heavy atom. The lowest BCUT2D eigenvalue weighted by atomic mass is 10.1. The summed E-state index contributed by atoms with van der Waals surface area (Å²) in [5.41, 5.74) is 6.41. The molecule has 0 aromatic carbocycles. The third kappa shape index (κ3) is 6.52. The van der Waals surface area contributed by atoms with E-state index in [1.54, 1.807) is 0 Å². The first-order chi connectivity index (χ1) is 12.5. The number of imide groups is 1. The third-order valence-electron chi connectivity index (χ3n) is 3.76. The Hall–Kier alpha value is -2.11. The lowest BCUT2D eigenvalue weighted by Gasteiger charge is -2.30. The van der Waals surface area contributed by atoms with Crippen molar-refractivity contribution in [2.24, 2.45) is 5.73 Å². The van der Waals surface area contributed by atoms with Gasteiger partial charge >= 0.3 is 7.60 Å². The number of nitrogens with two attached hydrogens (primary N) is 1. The van der Waals surface area contributed by atoms with Crippen molar-refractivity contribution >= 4 is 25.3 Å². The second-order valence-electron chi connectivity index (χ2n) is 5.97. The monoisotopic (exact) mass is 404 g/mol. The molecule has 12 nitrogen and oxygen atoms in total. The number of nitrogens with zero attached hydrogens (tertiary/aromatic N) is 2. The molecule has 0 unspecified atom stereocenters. The van der Waals surface area contributed by atoms with E-state index in [0.29, 0.717) is 10.6 Å². The normalized spacial score (nSPS) is 14.9. The average Bonchev–Trinajstić information content (AvgIpc) is 3.06. The number of H-pyrrole nitrogens is 1. The van der Waals surface area contributed by atoms with Gasteiger partial charge in [0.05, 0.1) is 18.9 Å². The standard InChI is InChI=1S/C14H25N6O6P/c1-8(19-13(22)11(15)4-10-5-17-7-18-10)14(23)20(12(21)6-16-3)9(2)27(24,25)26/h5,7-9,11,16H,4,6,15H2,1-3H3,(H,17,18)(H,19,22)(H2,24,25,26)/t8-,9+,11-/m0/s1. The molecule has 152 valence electrons. The van der Waals surface area contributed by atoms with Crippen LogP contribution in [0, 0.1) is 0 Å². The van der Waals surface area contributed by atoms with Crippen LogP contribution in [0.3, 0.4) is 0 Å². The predicted octanol–water partition coefficient (Wildman–Crippen LogP) is -2.12. The summed E-state index contributed by atoms with van der Waals surface area (Å²) in [6.07, 6.45) is 3.08. The van der Waals surface area contributed by atoms with Gasteiger partial charge < -0.3 is 31.1 Å². The van der Waals surface area contributed by atoms with Crippen molar-refractivity contribution in [3.63, 3.8) is 0 Å². The van der Waals surface area contributed by atoms with E-state index in [1.165, 1.54) is 26.5 Å². The first-order valence-corrected chi connectivity index (χ1v) is 9.76. The molecule has 3 atom stereocenters. The Kier molecular flexibility index (Phi) is 8.25. The Labute approximate surface area is 156 Å². The highest BCUT2D eigenvalue weighted by Crippen LogP contribution is 2.42. The van der Waals surface area contributed by atoms with Gasteiger partial charge in [-0.05, 0) is 20.9 Å². The number of aromatic nitrogens is 2. The van der Waals surface area contributed by atoms with Crippen LogP contribution >= 0.6 is 7.60 Å². The summed E-state index contributed by atoms with van der Waals surface area (Å²) < 4.78 is 11.5. The molecule has 7 N–H and O–H groups in total. The van der Waals surface area contributed by atoms with Crippen LogP contribution in [0.25, 0.3) is 0 Å². The van der Waals surface area contributed by atoms with Gasteiger partial charge in [-0.3, -0.25) is 23.8 Å². The summed E-state index contributed by atoms with van der Waals surface area (Å²) in [5.74, 6) is -4.12. The number of rotatable bonds is 9. The third-order valence-corrected chi connectivity index (χ3v) is 4.96. The summed E-state index contributed by atoms with van der Waals surface area (Å²) in [7, 11) is -3.32. The average molecular weight is 404 g/mol. The SMILES string of the molecule is CNCC(=O)N(C(=O)[C@H](C)NC(=O)[C@@H](N)Cc1cnc[nH]1)[C@@H](C)P(=O)(O)O. The van der Waals surface area contributed by atoms with Crippen LogP contribution in [-0.2, 0) is 25.4 Å². The number of amides is 3. The van der Waals surface area contributed by atoms with Crippen LogP contribution < -0.4 is 16.4 Å². The van der Waals surface area contributed by atoms with E-state index in [0.717, 1.165) is 6.92 Å². The Morgan fingerprint density at radius 3 is 2.48 bits per heavy atom. The fourth-order valence-electron chi connectivity index (χ4n) is 2.22. The fourth-order valence-corrected chi connectivity index (χ4v) is 2.76. The minimum Gasteiger partial charge on any atom is -0.348 e. The summed E-state index contributed by atoms with van der Waals surface area (Å²) in [6.45, 7) is 2.05. The molecule has 1 aromatic rings. The van der Waals surface area contributed by atoms with Crippen LogP contribution in [0.15, 0.2) is 12.5 Å². The molecule has 0 radical (unpaired) electrons. The van der Waals surface area contributed by atoms with Gasteiger partial charge in [-0.15, -0.1) is 0 Å². The fraction of sp³-hybridized carbons (Fsp3) is 0.571. The molecular formula is C14H25N6O6P. The molecule has 0 spiro atoms. The zero-order valence-corrected chi connectivity index (χ0v) is 16.1. The van der Waals surface area contributed by atoms with Crippen LogP contribution in [-0.4, -0.2) is 73.8 Å². The highest BCUT2D eigenvalue weighted by molar-refractivity contribution is 7.52. The maximum Gasteiger partial charge on any atom is 0.348 e. The highest BCUT2D eigenvalue weighted by atomic mass is 31.2. The van der Waals surface area contributed by atoms with E-state index in [1.807, 2.05) is 0 Å². The van der Waals surface area contributed by atoms with E-state index < -0.39 is 43.2 Å². The number of hydrogen-bond acceptors (Lipinski definition) is 7. The largest absolute Gasteiger partial charge is 0.348 e. The van der Waals surface area contributed by atoms with Gasteiger partial charge in [0.1, 0.15) is 11.8 Å². The molecule has 0 fully saturated rings. The summed E-state index contributed by atoms with van der Waals surface area (Å²) in [5, 5.41) is 4.88.